The third-order valence-electron chi connectivity index (χ3n) is 4.79. The summed E-state index contributed by atoms with van der Waals surface area (Å²) in [5, 5.41) is 7.99. The molecule has 0 saturated carbocycles. The summed E-state index contributed by atoms with van der Waals surface area (Å²) in [6.45, 7) is 1.72. The number of hydrogen-bond donors (Lipinski definition) is 0. The van der Waals surface area contributed by atoms with Crippen LogP contribution in [-0.4, -0.2) is 57.0 Å². The first kappa shape index (κ1) is 19.4. The number of piperazine rings is 1. The van der Waals surface area contributed by atoms with Crippen molar-refractivity contribution in [1.82, 2.24) is 24.9 Å². The fourth-order valence-corrected chi connectivity index (χ4v) is 3.53. The fourth-order valence-electron chi connectivity index (χ4n) is 3.25. The molecule has 3 heterocycles. The molecule has 1 aliphatic rings. The summed E-state index contributed by atoms with van der Waals surface area (Å²) in [7, 11) is 0. The summed E-state index contributed by atoms with van der Waals surface area (Å²) < 4.78 is 39.9. The Kier molecular flexibility index (Phi) is 5.03. The summed E-state index contributed by atoms with van der Waals surface area (Å²) in [5.74, 6) is 0.181. The first-order chi connectivity index (χ1) is 13.8. The van der Waals surface area contributed by atoms with Crippen molar-refractivity contribution >= 4 is 34.4 Å². The highest BCUT2D eigenvalue weighted by atomic mass is 35.5. The molecule has 7 nitrogen and oxygen atoms in total. The van der Waals surface area contributed by atoms with Crippen molar-refractivity contribution in [2.24, 2.45) is 0 Å². The lowest BCUT2D eigenvalue weighted by Crippen LogP contribution is -2.50. The van der Waals surface area contributed by atoms with Crippen LogP contribution < -0.4 is 4.90 Å². The minimum atomic E-state index is -4.49. The molecular formula is C18H16ClF3N6O. The zero-order valence-corrected chi connectivity index (χ0v) is 15.9. The van der Waals surface area contributed by atoms with Gasteiger partial charge in [-0.25, -0.2) is 9.67 Å². The molecule has 0 bridgehead atoms. The highest BCUT2D eigenvalue weighted by Crippen LogP contribution is 2.33. The quantitative estimate of drug-likeness (QED) is 0.647. The number of hydrogen-bond acceptors (Lipinski definition) is 5. The number of amides is 1. The Hall–Kier alpha value is -2.88. The van der Waals surface area contributed by atoms with Crippen molar-refractivity contribution < 1.29 is 18.0 Å². The Morgan fingerprint density at radius 3 is 2.55 bits per heavy atom. The standard InChI is InChI=1S/C18H16ClF3N6O/c19-13-9-12(18(20,21)22)10-23-17(13)27-7-5-26(6-8-27)16(29)11-28-15-4-2-1-3-14(15)24-25-28/h1-4,9-10H,5-8,11H2. The van der Waals surface area contributed by atoms with Crippen LogP contribution in [0.1, 0.15) is 5.56 Å². The van der Waals surface area contributed by atoms with Gasteiger partial charge in [0.2, 0.25) is 5.91 Å². The van der Waals surface area contributed by atoms with Gasteiger partial charge in [0.15, 0.2) is 0 Å². The highest BCUT2D eigenvalue weighted by molar-refractivity contribution is 6.33. The number of carbonyl (C=O) groups excluding carboxylic acids is 1. The zero-order valence-electron chi connectivity index (χ0n) is 15.1. The average Bonchev–Trinajstić information content (AvgIpc) is 3.10. The van der Waals surface area contributed by atoms with Gasteiger partial charge in [-0.3, -0.25) is 4.79 Å². The van der Waals surface area contributed by atoms with Crippen LogP contribution in [0.2, 0.25) is 5.02 Å². The Labute approximate surface area is 168 Å². The number of benzene rings is 1. The molecular weight excluding hydrogens is 409 g/mol. The number of fused-ring (bicyclic) bond motifs is 1. The molecule has 1 aliphatic heterocycles. The lowest BCUT2D eigenvalue weighted by molar-refractivity contribution is -0.138. The predicted molar refractivity (Wildman–Crippen MR) is 101 cm³/mol. The van der Waals surface area contributed by atoms with Crippen LogP contribution in [0.15, 0.2) is 36.5 Å². The average molecular weight is 425 g/mol. The van der Waals surface area contributed by atoms with Gasteiger partial charge in [0.1, 0.15) is 17.9 Å². The summed E-state index contributed by atoms with van der Waals surface area (Å²) in [5.41, 5.74) is 0.605. The first-order valence-corrected chi connectivity index (χ1v) is 9.24. The van der Waals surface area contributed by atoms with E-state index in [4.69, 9.17) is 11.6 Å². The maximum Gasteiger partial charge on any atom is 0.417 e. The Bertz CT molecular complexity index is 1050. The van der Waals surface area contributed by atoms with Crippen LogP contribution in [0.3, 0.4) is 0 Å². The van der Waals surface area contributed by atoms with E-state index < -0.39 is 11.7 Å². The van der Waals surface area contributed by atoms with Gasteiger partial charge in [-0.15, -0.1) is 5.10 Å². The van der Waals surface area contributed by atoms with Crippen LogP contribution in [0.4, 0.5) is 19.0 Å². The number of alkyl halides is 3. The monoisotopic (exact) mass is 424 g/mol. The maximum absolute atomic E-state index is 12.8. The highest BCUT2D eigenvalue weighted by Gasteiger charge is 2.32. The van der Waals surface area contributed by atoms with Crippen LogP contribution in [-0.2, 0) is 17.5 Å². The van der Waals surface area contributed by atoms with Gasteiger partial charge in [0.25, 0.3) is 0 Å². The van der Waals surface area contributed by atoms with Crippen LogP contribution in [0.5, 0.6) is 0 Å². The second-order valence-electron chi connectivity index (χ2n) is 6.63. The second-order valence-corrected chi connectivity index (χ2v) is 7.04. The van der Waals surface area contributed by atoms with Gasteiger partial charge in [-0.05, 0) is 18.2 Å². The molecule has 1 saturated heterocycles. The van der Waals surface area contributed by atoms with Crippen molar-refractivity contribution in [2.75, 3.05) is 31.1 Å². The SMILES string of the molecule is O=C(Cn1nnc2ccccc21)N1CCN(c2ncc(C(F)(F)F)cc2Cl)CC1. The molecule has 29 heavy (non-hydrogen) atoms. The van der Waals surface area contributed by atoms with Crippen LogP contribution >= 0.6 is 11.6 Å². The number of para-hydroxylation sites is 1. The Morgan fingerprint density at radius 2 is 1.86 bits per heavy atom. The minimum absolute atomic E-state index is 0.0614. The van der Waals surface area contributed by atoms with Gasteiger partial charge < -0.3 is 9.80 Å². The molecule has 1 aromatic carbocycles. The molecule has 3 aromatic rings. The van der Waals surface area contributed by atoms with E-state index in [0.29, 0.717) is 31.7 Å². The summed E-state index contributed by atoms with van der Waals surface area (Å²) >= 11 is 6.01. The van der Waals surface area contributed by atoms with E-state index in [2.05, 4.69) is 15.3 Å². The van der Waals surface area contributed by atoms with E-state index >= 15 is 0 Å². The van der Waals surface area contributed by atoms with E-state index in [1.807, 2.05) is 24.3 Å². The van der Waals surface area contributed by atoms with E-state index in [9.17, 15) is 18.0 Å². The Morgan fingerprint density at radius 1 is 1.14 bits per heavy atom. The number of carbonyl (C=O) groups is 1. The molecule has 11 heteroatoms. The third kappa shape index (κ3) is 3.98. The lowest BCUT2D eigenvalue weighted by atomic mass is 10.2. The number of anilines is 1. The zero-order chi connectivity index (χ0) is 20.6. The smallest absolute Gasteiger partial charge is 0.352 e. The summed E-state index contributed by atoms with van der Waals surface area (Å²) in [4.78, 5) is 20.0. The van der Waals surface area contributed by atoms with Crippen LogP contribution in [0, 0.1) is 0 Å². The maximum atomic E-state index is 12.8. The first-order valence-electron chi connectivity index (χ1n) is 8.86. The van der Waals surface area contributed by atoms with Crippen molar-refractivity contribution in [1.29, 1.82) is 0 Å². The minimum Gasteiger partial charge on any atom is -0.352 e. The fraction of sp³-hybridized carbons (Fsp3) is 0.333. The van der Waals surface area contributed by atoms with E-state index in [0.717, 1.165) is 17.8 Å². The molecule has 0 unspecified atom stereocenters. The molecule has 0 radical (unpaired) electrons. The van der Waals surface area contributed by atoms with Gasteiger partial charge in [0.05, 0.1) is 16.1 Å². The van der Waals surface area contributed by atoms with Gasteiger partial charge in [-0.2, -0.15) is 13.2 Å². The molecule has 0 spiro atoms. The molecule has 0 atom stereocenters. The second kappa shape index (κ2) is 7.51. The Balaban J connectivity index is 1.40. The lowest BCUT2D eigenvalue weighted by Gasteiger charge is -2.35. The number of rotatable bonds is 3. The van der Waals surface area contributed by atoms with E-state index in [-0.39, 0.29) is 23.3 Å². The largest absolute Gasteiger partial charge is 0.417 e. The number of halogens is 4. The molecule has 1 fully saturated rings. The van der Waals surface area contributed by atoms with E-state index in [1.54, 1.807) is 14.5 Å². The topological polar surface area (TPSA) is 67.2 Å². The molecule has 152 valence electrons. The third-order valence-corrected chi connectivity index (χ3v) is 5.06. The molecule has 0 aliphatic carbocycles. The predicted octanol–water partition coefficient (Wildman–Crippen LogP) is 2.85. The van der Waals surface area contributed by atoms with Crippen molar-refractivity contribution in [3.8, 4) is 0 Å². The molecule has 2 aromatic heterocycles. The summed E-state index contributed by atoms with van der Waals surface area (Å²) in [6.07, 6.45) is -3.72. The van der Waals surface area contributed by atoms with Gasteiger partial charge >= 0.3 is 6.18 Å². The van der Waals surface area contributed by atoms with Crippen LogP contribution in [0.25, 0.3) is 11.0 Å². The normalized spacial score (nSPS) is 15.2. The molecule has 0 N–H and O–H groups in total. The molecule has 1 amide bonds. The van der Waals surface area contributed by atoms with Crippen molar-refractivity contribution in [3.05, 3.63) is 47.1 Å². The number of aromatic nitrogens is 4. The van der Waals surface area contributed by atoms with Crippen molar-refractivity contribution in [2.45, 2.75) is 12.7 Å². The van der Waals surface area contributed by atoms with E-state index in [1.165, 1.54) is 0 Å². The summed E-state index contributed by atoms with van der Waals surface area (Å²) in [6, 6.07) is 8.24. The van der Waals surface area contributed by atoms with Gasteiger partial charge in [-0.1, -0.05) is 28.9 Å². The number of pyridine rings is 1. The van der Waals surface area contributed by atoms with Crippen molar-refractivity contribution in [3.63, 3.8) is 0 Å². The van der Waals surface area contributed by atoms with Gasteiger partial charge in [0, 0.05) is 32.4 Å². The number of nitrogens with zero attached hydrogens (tertiary/aromatic N) is 6. The molecule has 4 rings (SSSR count).